The Morgan fingerprint density at radius 3 is 1.71 bits per heavy atom. The third-order valence-corrected chi connectivity index (χ3v) is 5.78. The van der Waals surface area contributed by atoms with E-state index in [1.807, 2.05) is 4.52 Å². The summed E-state index contributed by atoms with van der Waals surface area (Å²) in [5.41, 5.74) is 9.11. The molecular weight excluding hydrogens is 376 g/mol. The van der Waals surface area contributed by atoms with Crippen LogP contribution in [0.15, 0.2) is 121 Å². The number of nitrogens with zero attached hydrogens (tertiary/aromatic N) is 2. The summed E-state index contributed by atoms with van der Waals surface area (Å²) >= 11 is 0. The highest BCUT2D eigenvalue weighted by molar-refractivity contribution is 5.85. The molecule has 0 aliphatic carbocycles. The van der Waals surface area contributed by atoms with E-state index in [4.69, 9.17) is 5.10 Å². The van der Waals surface area contributed by atoms with Crippen molar-refractivity contribution in [1.82, 2.24) is 9.61 Å². The number of pyridine rings is 1. The maximum absolute atomic E-state index is 5.00. The molecule has 0 aliphatic heterocycles. The van der Waals surface area contributed by atoms with Gasteiger partial charge in [0.25, 0.3) is 0 Å². The van der Waals surface area contributed by atoms with Crippen LogP contribution in [0.1, 0.15) is 0 Å². The second kappa shape index (κ2) is 7.26. The van der Waals surface area contributed by atoms with E-state index in [1.54, 1.807) is 0 Å². The predicted molar refractivity (Wildman–Crippen MR) is 129 cm³/mol. The summed E-state index contributed by atoms with van der Waals surface area (Å²) in [6, 6.07) is 42.7. The van der Waals surface area contributed by atoms with Crippen LogP contribution < -0.4 is 0 Å². The molecule has 0 N–H and O–H groups in total. The molecule has 2 aromatic heterocycles. The second-order valence-electron chi connectivity index (χ2n) is 7.79. The van der Waals surface area contributed by atoms with Gasteiger partial charge in [0.2, 0.25) is 0 Å². The minimum Gasteiger partial charge on any atom is -0.232 e. The van der Waals surface area contributed by atoms with Gasteiger partial charge in [-0.1, -0.05) is 84.9 Å². The summed E-state index contributed by atoms with van der Waals surface area (Å²) < 4.78 is 2.04. The Hall–Kier alpha value is -4.17. The lowest BCUT2D eigenvalue weighted by atomic mass is 9.95. The molecule has 0 unspecified atom stereocenters. The molecule has 4 aromatic carbocycles. The maximum atomic E-state index is 5.00. The molecule has 31 heavy (non-hydrogen) atoms. The molecule has 0 aliphatic rings. The smallest absolute Gasteiger partial charge is 0.0934 e. The molecule has 0 spiro atoms. The zero-order valence-electron chi connectivity index (χ0n) is 16.9. The van der Waals surface area contributed by atoms with E-state index < -0.39 is 0 Å². The number of aromatic nitrogens is 2. The number of benzene rings is 4. The van der Waals surface area contributed by atoms with E-state index in [1.165, 1.54) is 27.6 Å². The van der Waals surface area contributed by atoms with Crippen molar-refractivity contribution in [3.63, 3.8) is 0 Å². The van der Waals surface area contributed by atoms with Crippen molar-refractivity contribution in [2.45, 2.75) is 0 Å². The molecule has 0 saturated heterocycles. The molecule has 0 saturated carbocycles. The minimum absolute atomic E-state index is 0.978. The first kappa shape index (κ1) is 17.7. The first-order valence-electron chi connectivity index (χ1n) is 10.5. The Bertz CT molecular complexity index is 1460. The fourth-order valence-electron chi connectivity index (χ4n) is 4.21. The number of rotatable bonds is 3. The molecule has 2 nitrogen and oxygen atoms in total. The topological polar surface area (TPSA) is 17.3 Å². The second-order valence-corrected chi connectivity index (χ2v) is 7.79. The van der Waals surface area contributed by atoms with Crippen molar-refractivity contribution in [2.75, 3.05) is 0 Å². The molecule has 146 valence electrons. The molecule has 0 amide bonds. The van der Waals surface area contributed by atoms with Crippen molar-refractivity contribution < 1.29 is 0 Å². The van der Waals surface area contributed by atoms with Gasteiger partial charge in [0, 0.05) is 10.9 Å². The highest BCUT2D eigenvalue weighted by Gasteiger charge is 2.11. The highest BCUT2D eigenvalue weighted by atomic mass is 15.2. The molecular formula is C29H20N2. The molecule has 0 bridgehead atoms. The third kappa shape index (κ3) is 3.19. The van der Waals surface area contributed by atoms with E-state index >= 15 is 0 Å². The normalized spacial score (nSPS) is 11.2. The van der Waals surface area contributed by atoms with Crippen molar-refractivity contribution in [3.8, 4) is 33.5 Å². The SMILES string of the molecule is c1ccc(-c2cc(-c3ccccc3)cc(-c3cc4ccc5ccccc5n4n3)c2)cc1. The van der Waals surface area contributed by atoms with E-state index in [0.717, 1.165) is 22.3 Å². The minimum atomic E-state index is 0.978. The number of hydrogen-bond donors (Lipinski definition) is 0. The fraction of sp³-hybridized carbons (Fsp3) is 0. The molecule has 2 heterocycles. The fourth-order valence-corrected chi connectivity index (χ4v) is 4.21. The van der Waals surface area contributed by atoms with Crippen LogP contribution >= 0.6 is 0 Å². The van der Waals surface area contributed by atoms with E-state index in [2.05, 4.69) is 121 Å². The van der Waals surface area contributed by atoms with Gasteiger partial charge in [-0.2, -0.15) is 5.10 Å². The Labute approximate surface area is 181 Å². The van der Waals surface area contributed by atoms with Gasteiger partial charge < -0.3 is 0 Å². The summed E-state index contributed by atoms with van der Waals surface area (Å²) in [5.74, 6) is 0. The average molecular weight is 396 g/mol. The molecule has 0 radical (unpaired) electrons. The lowest BCUT2D eigenvalue weighted by molar-refractivity contribution is 1.01. The van der Waals surface area contributed by atoms with Gasteiger partial charge >= 0.3 is 0 Å². The Kier molecular flexibility index (Phi) is 4.14. The summed E-state index contributed by atoms with van der Waals surface area (Å²) in [6.45, 7) is 0. The number of para-hydroxylation sites is 1. The average Bonchev–Trinajstić information content (AvgIpc) is 3.30. The lowest BCUT2D eigenvalue weighted by Gasteiger charge is -2.10. The van der Waals surface area contributed by atoms with E-state index in [9.17, 15) is 0 Å². The molecule has 6 rings (SSSR count). The predicted octanol–water partition coefficient (Wildman–Crippen LogP) is 7.49. The van der Waals surface area contributed by atoms with Gasteiger partial charge in [-0.05, 0) is 58.7 Å². The zero-order chi connectivity index (χ0) is 20.6. The molecule has 0 atom stereocenters. The van der Waals surface area contributed by atoms with E-state index in [0.29, 0.717) is 0 Å². The van der Waals surface area contributed by atoms with Crippen molar-refractivity contribution in [2.24, 2.45) is 0 Å². The van der Waals surface area contributed by atoms with Crippen molar-refractivity contribution in [1.29, 1.82) is 0 Å². The van der Waals surface area contributed by atoms with Gasteiger partial charge in [-0.25, -0.2) is 4.52 Å². The molecule has 2 heteroatoms. The molecule has 6 aromatic rings. The first-order chi connectivity index (χ1) is 15.3. The van der Waals surface area contributed by atoms with Crippen molar-refractivity contribution in [3.05, 3.63) is 121 Å². The van der Waals surface area contributed by atoms with E-state index in [-0.39, 0.29) is 0 Å². The van der Waals surface area contributed by atoms with Crippen LogP contribution in [-0.2, 0) is 0 Å². The number of hydrogen-bond acceptors (Lipinski definition) is 1. The highest BCUT2D eigenvalue weighted by Crippen LogP contribution is 2.33. The Morgan fingerprint density at radius 1 is 0.452 bits per heavy atom. The molecule has 0 fully saturated rings. The monoisotopic (exact) mass is 396 g/mol. The van der Waals surface area contributed by atoms with Gasteiger partial charge in [-0.3, -0.25) is 0 Å². The first-order valence-corrected chi connectivity index (χ1v) is 10.5. The van der Waals surface area contributed by atoms with Gasteiger partial charge in [0.05, 0.1) is 16.7 Å². The van der Waals surface area contributed by atoms with Crippen LogP contribution in [0, 0.1) is 0 Å². The summed E-state index contributed by atoms with van der Waals surface area (Å²) in [5, 5.41) is 6.18. The van der Waals surface area contributed by atoms with Crippen LogP contribution in [0.25, 0.3) is 49.9 Å². The van der Waals surface area contributed by atoms with Crippen LogP contribution in [0.4, 0.5) is 0 Å². The van der Waals surface area contributed by atoms with Gasteiger partial charge in [0.1, 0.15) is 0 Å². The van der Waals surface area contributed by atoms with Crippen LogP contribution in [0.5, 0.6) is 0 Å². The van der Waals surface area contributed by atoms with Gasteiger partial charge in [-0.15, -0.1) is 0 Å². The lowest BCUT2D eigenvalue weighted by Crippen LogP contribution is -1.90. The van der Waals surface area contributed by atoms with Crippen LogP contribution in [-0.4, -0.2) is 9.61 Å². The van der Waals surface area contributed by atoms with Gasteiger partial charge in [0.15, 0.2) is 0 Å². The summed E-state index contributed by atoms with van der Waals surface area (Å²) in [4.78, 5) is 0. The Morgan fingerprint density at radius 2 is 1.03 bits per heavy atom. The summed E-state index contributed by atoms with van der Waals surface area (Å²) in [7, 11) is 0. The quantitative estimate of drug-likeness (QED) is 0.303. The summed E-state index contributed by atoms with van der Waals surface area (Å²) in [6.07, 6.45) is 0. The maximum Gasteiger partial charge on any atom is 0.0934 e. The van der Waals surface area contributed by atoms with Crippen molar-refractivity contribution >= 4 is 16.4 Å². The standard InChI is InChI=1S/C29H20N2/c1-3-9-21(10-4-1)24-17-25(22-11-5-2-6-12-22)19-26(18-24)28-20-27-16-15-23-13-7-8-14-29(23)31(27)30-28/h1-20H. The number of fused-ring (bicyclic) bond motifs is 3. The van der Waals surface area contributed by atoms with Crippen LogP contribution in [0.3, 0.4) is 0 Å². The third-order valence-electron chi connectivity index (χ3n) is 5.78. The van der Waals surface area contributed by atoms with Crippen LogP contribution in [0.2, 0.25) is 0 Å². The largest absolute Gasteiger partial charge is 0.232 e. The zero-order valence-corrected chi connectivity index (χ0v) is 16.9. The Balaban J connectivity index is 1.58.